The zero-order chi connectivity index (χ0) is 39.6. The summed E-state index contributed by atoms with van der Waals surface area (Å²) in [6.45, 7) is 0. The first kappa shape index (κ1) is 34.3. The molecule has 0 bridgehead atoms. The smallest absolute Gasteiger partial charge is 0.00201 e. The highest BCUT2D eigenvalue weighted by Crippen LogP contribution is 2.47. The molecule has 0 aliphatic carbocycles. The van der Waals surface area contributed by atoms with Gasteiger partial charge in [-0.25, -0.2) is 0 Å². The summed E-state index contributed by atoms with van der Waals surface area (Å²) in [5.74, 6) is 0. The maximum absolute atomic E-state index is 2.31. The van der Waals surface area contributed by atoms with Gasteiger partial charge in [-0.05, 0) is 120 Å². The Hall–Kier alpha value is -7.80. The SMILES string of the molecule is c1ccc2c(-c3c4ccccc4c(-c4ccc(-c5ccc(-c6c7ccccc7c(-c7cccc8ccccc78)c7ccccc67)cc5)cc4)c4ccccc34)cccc2c1. The Morgan fingerprint density at radius 2 is 0.383 bits per heavy atom. The minimum absolute atomic E-state index is 1.20. The van der Waals surface area contributed by atoms with E-state index in [1.807, 2.05) is 0 Å². The van der Waals surface area contributed by atoms with Crippen molar-refractivity contribution in [2.24, 2.45) is 0 Å². The van der Waals surface area contributed by atoms with Gasteiger partial charge in [-0.1, -0.05) is 231 Å². The van der Waals surface area contributed by atoms with Crippen molar-refractivity contribution in [3.63, 3.8) is 0 Å². The summed E-state index contributed by atoms with van der Waals surface area (Å²) in [6.07, 6.45) is 0. The lowest BCUT2D eigenvalue weighted by atomic mass is 9.84. The lowest BCUT2D eigenvalue weighted by molar-refractivity contribution is 1.60. The summed E-state index contributed by atoms with van der Waals surface area (Å²) in [4.78, 5) is 0. The molecule has 0 aromatic heterocycles. The maximum Gasteiger partial charge on any atom is -0.00201 e. The van der Waals surface area contributed by atoms with Gasteiger partial charge in [-0.15, -0.1) is 0 Å². The van der Waals surface area contributed by atoms with Gasteiger partial charge in [0.1, 0.15) is 0 Å². The average Bonchev–Trinajstić information content (AvgIpc) is 3.32. The van der Waals surface area contributed by atoms with Gasteiger partial charge in [0.15, 0.2) is 0 Å². The third kappa shape index (κ3) is 5.39. The zero-order valence-electron chi connectivity index (χ0n) is 32.9. The van der Waals surface area contributed by atoms with Crippen LogP contribution >= 0.6 is 0 Å². The Kier molecular flexibility index (Phi) is 7.96. The molecule has 0 aliphatic heterocycles. The molecule has 12 rings (SSSR count). The fraction of sp³-hybridized carbons (Fsp3) is 0. The molecule has 0 spiro atoms. The summed E-state index contributed by atoms with van der Waals surface area (Å²) in [7, 11) is 0. The second-order valence-electron chi connectivity index (χ2n) is 15.9. The van der Waals surface area contributed by atoms with E-state index in [0.29, 0.717) is 0 Å². The van der Waals surface area contributed by atoms with Crippen molar-refractivity contribution in [1.82, 2.24) is 0 Å². The van der Waals surface area contributed by atoms with Crippen LogP contribution in [0.5, 0.6) is 0 Å². The van der Waals surface area contributed by atoms with Crippen LogP contribution in [0.25, 0.3) is 120 Å². The van der Waals surface area contributed by atoms with E-state index >= 15 is 0 Å². The van der Waals surface area contributed by atoms with E-state index in [4.69, 9.17) is 0 Å². The number of hydrogen-bond acceptors (Lipinski definition) is 0. The highest BCUT2D eigenvalue weighted by Gasteiger charge is 2.20. The molecule has 0 atom stereocenters. The van der Waals surface area contributed by atoms with Crippen LogP contribution in [0.1, 0.15) is 0 Å². The van der Waals surface area contributed by atoms with Gasteiger partial charge in [0, 0.05) is 0 Å². The largest absolute Gasteiger partial charge is 0.0616 e. The predicted molar refractivity (Wildman–Crippen MR) is 259 cm³/mol. The van der Waals surface area contributed by atoms with Gasteiger partial charge >= 0.3 is 0 Å². The average molecular weight is 759 g/mol. The Bertz CT molecular complexity index is 3260. The first-order chi connectivity index (χ1) is 29.8. The third-order valence-electron chi connectivity index (χ3n) is 12.7. The Labute approximate surface area is 349 Å². The van der Waals surface area contributed by atoms with Gasteiger partial charge < -0.3 is 0 Å². The molecule has 0 radical (unpaired) electrons. The van der Waals surface area contributed by atoms with Crippen molar-refractivity contribution in [2.75, 3.05) is 0 Å². The van der Waals surface area contributed by atoms with Gasteiger partial charge in [0.2, 0.25) is 0 Å². The van der Waals surface area contributed by atoms with Crippen molar-refractivity contribution < 1.29 is 0 Å². The molecule has 0 heterocycles. The Balaban J connectivity index is 0.964. The predicted octanol–water partition coefficient (Wildman–Crippen LogP) is 16.9. The van der Waals surface area contributed by atoms with Crippen molar-refractivity contribution >= 4 is 64.6 Å². The molecule has 0 heteroatoms. The molecule has 60 heavy (non-hydrogen) atoms. The van der Waals surface area contributed by atoms with Crippen LogP contribution in [-0.2, 0) is 0 Å². The Morgan fingerprint density at radius 1 is 0.150 bits per heavy atom. The molecular weight excluding hydrogens is 721 g/mol. The van der Waals surface area contributed by atoms with Crippen molar-refractivity contribution in [1.29, 1.82) is 0 Å². The minimum Gasteiger partial charge on any atom is -0.0616 e. The molecule has 278 valence electrons. The summed E-state index contributed by atoms with van der Waals surface area (Å²) < 4.78 is 0. The topological polar surface area (TPSA) is 0 Å². The van der Waals surface area contributed by atoms with Crippen molar-refractivity contribution in [2.45, 2.75) is 0 Å². The lowest BCUT2D eigenvalue weighted by Gasteiger charge is -2.19. The second kappa shape index (κ2) is 13.9. The monoisotopic (exact) mass is 758 g/mol. The number of fused-ring (bicyclic) bond motifs is 6. The maximum atomic E-state index is 2.31. The number of rotatable bonds is 5. The molecule has 0 nitrogen and oxygen atoms in total. The van der Waals surface area contributed by atoms with E-state index in [9.17, 15) is 0 Å². The van der Waals surface area contributed by atoms with Gasteiger partial charge in [-0.2, -0.15) is 0 Å². The summed E-state index contributed by atoms with van der Waals surface area (Å²) in [6, 6.07) is 84.9. The van der Waals surface area contributed by atoms with Gasteiger partial charge in [0.25, 0.3) is 0 Å². The highest BCUT2D eigenvalue weighted by molar-refractivity contribution is 6.25. The van der Waals surface area contributed by atoms with Gasteiger partial charge in [0.05, 0.1) is 0 Å². The van der Waals surface area contributed by atoms with Crippen LogP contribution in [0.4, 0.5) is 0 Å². The minimum atomic E-state index is 1.20. The first-order valence-corrected chi connectivity index (χ1v) is 20.8. The quantitative estimate of drug-likeness (QED) is 0.153. The van der Waals surface area contributed by atoms with E-state index < -0.39 is 0 Å². The number of hydrogen-bond donors (Lipinski definition) is 0. The molecule has 0 amide bonds. The molecule has 0 unspecified atom stereocenters. The van der Waals surface area contributed by atoms with E-state index in [-0.39, 0.29) is 0 Å². The standard InChI is InChI=1S/C60H38/c1-3-19-45-41(15-1)17-13-29-47(45)59-53-25-9-5-21-49(53)57(50-22-6-10-26-54(50)59)43-35-31-39(32-36-43)40-33-37-44(38-34-40)58-51-23-7-11-27-55(51)60(56-28-12-8-24-52(56)58)48-30-14-18-42-16-2-4-20-46(42)48/h1-38H. The third-order valence-corrected chi connectivity index (χ3v) is 12.7. The molecule has 0 aliphatic rings. The van der Waals surface area contributed by atoms with Crippen LogP contribution in [0, 0.1) is 0 Å². The van der Waals surface area contributed by atoms with E-state index in [2.05, 4.69) is 231 Å². The zero-order valence-corrected chi connectivity index (χ0v) is 32.9. The summed E-state index contributed by atoms with van der Waals surface area (Å²) >= 11 is 0. The molecule has 0 N–H and O–H groups in total. The van der Waals surface area contributed by atoms with Crippen LogP contribution in [0.2, 0.25) is 0 Å². The second-order valence-corrected chi connectivity index (χ2v) is 15.9. The van der Waals surface area contributed by atoms with Crippen molar-refractivity contribution in [3.8, 4) is 55.6 Å². The fourth-order valence-corrected chi connectivity index (χ4v) is 10.0. The molecule has 12 aromatic rings. The highest BCUT2D eigenvalue weighted by atomic mass is 14.2. The Morgan fingerprint density at radius 3 is 0.700 bits per heavy atom. The fourth-order valence-electron chi connectivity index (χ4n) is 10.0. The molecular formula is C60H38. The molecule has 0 saturated carbocycles. The molecule has 12 aromatic carbocycles. The summed E-state index contributed by atoms with van der Waals surface area (Å²) in [5.41, 5.74) is 12.5. The van der Waals surface area contributed by atoms with Gasteiger partial charge in [-0.3, -0.25) is 0 Å². The first-order valence-electron chi connectivity index (χ1n) is 20.8. The molecule has 0 saturated heterocycles. The molecule has 0 fully saturated rings. The number of benzene rings is 12. The van der Waals surface area contributed by atoms with E-state index in [1.165, 1.54) is 120 Å². The van der Waals surface area contributed by atoms with Crippen LogP contribution in [0.3, 0.4) is 0 Å². The van der Waals surface area contributed by atoms with Crippen LogP contribution in [0.15, 0.2) is 231 Å². The lowest BCUT2D eigenvalue weighted by Crippen LogP contribution is -1.92. The van der Waals surface area contributed by atoms with Crippen LogP contribution < -0.4 is 0 Å². The van der Waals surface area contributed by atoms with Crippen LogP contribution in [-0.4, -0.2) is 0 Å². The van der Waals surface area contributed by atoms with Crippen molar-refractivity contribution in [3.05, 3.63) is 231 Å². The summed E-state index contributed by atoms with van der Waals surface area (Å²) in [5, 5.41) is 15.2. The van der Waals surface area contributed by atoms with E-state index in [0.717, 1.165) is 0 Å². The normalized spacial score (nSPS) is 11.7. The van der Waals surface area contributed by atoms with E-state index in [1.54, 1.807) is 0 Å².